The molecule has 0 saturated carbocycles. The van der Waals surface area contributed by atoms with Crippen LogP contribution in [0.25, 0.3) is 0 Å². The van der Waals surface area contributed by atoms with Crippen molar-refractivity contribution in [3.05, 3.63) is 24.3 Å². The summed E-state index contributed by atoms with van der Waals surface area (Å²) in [6, 6.07) is 0. The summed E-state index contributed by atoms with van der Waals surface area (Å²) in [4.78, 5) is 11.2. The molecule has 0 aliphatic rings. The van der Waals surface area contributed by atoms with E-state index in [1.54, 1.807) is 12.2 Å². The third-order valence-electron chi connectivity index (χ3n) is 1.41. The molecule has 3 N–H and O–H groups in total. The lowest BCUT2D eigenvalue weighted by molar-refractivity contribution is -0.115. The van der Waals surface area contributed by atoms with Gasteiger partial charge in [0.05, 0.1) is 0 Å². The van der Waals surface area contributed by atoms with Gasteiger partial charge in [0.15, 0.2) is 5.11 Å². The number of thiocarbonyl (C=S) groups is 1. The Morgan fingerprint density at radius 2 is 2.20 bits per heavy atom. The summed E-state index contributed by atoms with van der Waals surface area (Å²) in [6.07, 6.45) is 7.19. The number of aliphatic hydroxyl groups is 1. The second-order valence-electron chi connectivity index (χ2n) is 2.71. The van der Waals surface area contributed by atoms with Crippen molar-refractivity contribution in [1.82, 2.24) is 10.6 Å². The van der Waals surface area contributed by atoms with Crippen LogP contribution in [-0.4, -0.2) is 29.3 Å². The van der Waals surface area contributed by atoms with Crippen LogP contribution in [0.1, 0.15) is 13.3 Å². The number of amides is 1. The van der Waals surface area contributed by atoms with E-state index in [9.17, 15) is 4.79 Å². The van der Waals surface area contributed by atoms with E-state index in [0.29, 0.717) is 13.0 Å². The van der Waals surface area contributed by atoms with Crippen LogP contribution in [0, 0.1) is 0 Å². The van der Waals surface area contributed by atoms with Crippen LogP contribution in [0.4, 0.5) is 0 Å². The second kappa shape index (κ2) is 9.36. The highest BCUT2D eigenvalue weighted by Crippen LogP contribution is 1.79. The minimum absolute atomic E-state index is 0.102. The number of carbonyl (C=O) groups is 1. The number of carbonyl (C=O) groups excluding carboxylic acids is 1. The van der Waals surface area contributed by atoms with Crippen molar-refractivity contribution in [1.29, 1.82) is 0 Å². The van der Waals surface area contributed by atoms with Crippen molar-refractivity contribution in [2.24, 2.45) is 0 Å². The van der Waals surface area contributed by atoms with Gasteiger partial charge in [-0.1, -0.05) is 18.2 Å². The van der Waals surface area contributed by atoms with E-state index in [0.717, 1.165) is 0 Å². The van der Waals surface area contributed by atoms with Crippen LogP contribution in [0.2, 0.25) is 0 Å². The second-order valence-corrected chi connectivity index (χ2v) is 3.12. The molecule has 0 unspecified atom stereocenters. The van der Waals surface area contributed by atoms with Crippen LogP contribution >= 0.6 is 12.2 Å². The van der Waals surface area contributed by atoms with Gasteiger partial charge >= 0.3 is 0 Å². The molecule has 0 rings (SSSR count). The van der Waals surface area contributed by atoms with Gasteiger partial charge in [-0.25, -0.2) is 0 Å². The van der Waals surface area contributed by atoms with Crippen LogP contribution in [0.5, 0.6) is 0 Å². The molecule has 4 nitrogen and oxygen atoms in total. The average molecular weight is 228 g/mol. The fraction of sp³-hybridized carbons (Fsp3) is 0.400. The van der Waals surface area contributed by atoms with Crippen molar-refractivity contribution in [3.63, 3.8) is 0 Å². The maximum atomic E-state index is 11.2. The van der Waals surface area contributed by atoms with Gasteiger partial charge in [0.2, 0.25) is 5.91 Å². The summed E-state index contributed by atoms with van der Waals surface area (Å²) in [5.74, 6) is -0.269. The number of rotatable bonds is 5. The Labute approximate surface area is 95.1 Å². The molecule has 15 heavy (non-hydrogen) atoms. The highest BCUT2D eigenvalue weighted by Gasteiger charge is 1.98. The highest BCUT2D eigenvalue weighted by atomic mass is 32.1. The molecule has 0 spiro atoms. The van der Waals surface area contributed by atoms with E-state index in [1.165, 1.54) is 6.08 Å². The highest BCUT2D eigenvalue weighted by molar-refractivity contribution is 7.80. The molecule has 0 heterocycles. The summed E-state index contributed by atoms with van der Waals surface area (Å²) < 4.78 is 0. The number of allylic oxidation sites excluding steroid dienone is 3. The topological polar surface area (TPSA) is 61.4 Å². The molecule has 0 aromatic carbocycles. The molecule has 0 fully saturated rings. The molecule has 5 heteroatoms. The van der Waals surface area contributed by atoms with E-state index in [2.05, 4.69) is 10.6 Å². The summed E-state index contributed by atoms with van der Waals surface area (Å²) in [6.45, 7) is 2.52. The first-order valence-electron chi connectivity index (χ1n) is 4.69. The molecule has 1 amide bonds. The van der Waals surface area contributed by atoms with Crippen LogP contribution in [0.3, 0.4) is 0 Å². The molecule has 0 saturated heterocycles. The Morgan fingerprint density at radius 3 is 2.80 bits per heavy atom. The Morgan fingerprint density at radius 1 is 1.47 bits per heavy atom. The quantitative estimate of drug-likeness (QED) is 0.277. The average Bonchev–Trinajstić information content (AvgIpc) is 2.18. The Kier molecular flexibility index (Phi) is 8.61. The van der Waals surface area contributed by atoms with Gasteiger partial charge in [0, 0.05) is 19.2 Å². The van der Waals surface area contributed by atoms with E-state index < -0.39 is 0 Å². The lowest BCUT2D eigenvalue weighted by Crippen LogP contribution is -2.38. The first-order valence-corrected chi connectivity index (χ1v) is 5.10. The van der Waals surface area contributed by atoms with Crippen molar-refractivity contribution < 1.29 is 9.90 Å². The molecule has 0 aliphatic heterocycles. The summed E-state index contributed by atoms with van der Waals surface area (Å²) in [7, 11) is 0. The van der Waals surface area contributed by atoms with E-state index in [-0.39, 0.29) is 17.6 Å². The molecule has 0 aliphatic carbocycles. The first-order chi connectivity index (χ1) is 7.20. The van der Waals surface area contributed by atoms with Crippen molar-refractivity contribution in [2.75, 3.05) is 13.2 Å². The Hall–Kier alpha value is -1.20. The maximum Gasteiger partial charge on any atom is 0.250 e. The predicted molar refractivity (Wildman–Crippen MR) is 64.4 cm³/mol. The zero-order valence-corrected chi connectivity index (χ0v) is 9.51. The van der Waals surface area contributed by atoms with Crippen molar-refractivity contribution in [2.45, 2.75) is 13.3 Å². The van der Waals surface area contributed by atoms with Crippen LogP contribution < -0.4 is 10.6 Å². The van der Waals surface area contributed by atoms with Gasteiger partial charge in [-0.3, -0.25) is 10.1 Å². The molecular weight excluding hydrogens is 212 g/mol. The SMILES string of the molecule is C/C=C/C=C/C(=O)NC(=S)NCCCO. The molecule has 0 atom stereocenters. The molecule has 84 valence electrons. The van der Waals surface area contributed by atoms with Crippen molar-refractivity contribution in [3.8, 4) is 0 Å². The minimum Gasteiger partial charge on any atom is -0.396 e. The molecular formula is C10H16N2O2S. The molecule has 0 bridgehead atoms. The molecule has 0 aromatic heterocycles. The number of hydrogen-bond donors (Lipinski definition) is 3. The predicted octanol–water partition coefficient (Wildman–Crippen LogP) is 0.492. The van der Waals surface area contributed by atoms with Gasteiger partial charge < -0.3 is 10.4 Å². The smallest absolute Gasteiger partial charge is 0.250 e. The van der Waals surface area contributed by atoms with Crippen molar-refractivity contribution >= 4 is 23.2 Å². The van der Waals surface area contributed by atoms with Gasteiger partial charge in [0.1, 0.15) is 0 Å². The Balaban J connectivity index is 3.71. The van der Waals surface area contributed by atoms with Gasteiger partial charge in [-0.15, -0.1) is 0 Å². The first kappa shape index (κ1) is 13.8. The Bertz CT molecular complexity index is 262. The van der Waals surface area contributed by atoms with Crippen LogP contribution in [-0.2, 0) is 4.79 Å². The monoisotopic (exact) mass is 228 g/mol. The fourth-order valence-electron chi connectivity index (χ4n) is 0.733. The standard InChI is InChI=1S/C10H16N2O2S/c1-2-3-4-6-9(14)12-10(15)11-7-5-8-13/h2-4,6,13H,5,7-8H2,1H3,(H2,11,12,14,15)/b3-2+,6-4+. The zero-order chi connectivity index (χ0) is 11.5. The van der Waals surface area contributed by atoms with Gasteiger partial charge in [0.25, 0.3) is 0 Å². The number of nitrogens with one attached hydrogen (secondary N) is 2. The van der Waals surface area contributed by atoms with E-state index in [1.807, 2.05) is 13.0 Å². The van der Waals surface area contributed by atoms with E-state index in [4.69, 9.17) is 17.3 Å². The molecule has 0 radical (unpaired) electrons. The maximum absolute atomic E-state index is 11.2. The summed E-state index contributed by atoms with van der Waals surface area (Å²) >= 11 is 4.85. The zero-order valence-electron chi connectivity index (χ0n) is 8.69. The summed E-state index contributed by atoms with van der Waals surface area (Å²) in [5, 5.41) is 14.1. The fourth-order valence-corrected chi connectivity index (χ4v) is 0.935. The van der Waals surface area contributed by atoms with Crippen LogP contribution in [0.15, 0.2) is 24.3 Å². The number of hydrogen-bond acceptors (Lipinski definition) is 3. The lowest BCUT2D eigenvalue weighted by Gasteiger charge is -2.06. The number of aliphatic hydroxyl groups excluding tert-OH is 1. The van der Waals surface area contributed by atoms with E-state index >= 15 is 0 Å². The third-order valence-corrected chi connectivity index (χ3v) is 1.65. The summed E-state index contributed by atoms with van der Waals surface area (Å²) in [5.41, 5.74) is 0. The van der Waals surface area contributed by atoms with Gasteiger partial charge in [-0.05, 0) is 25.6 Å². The molecule has 0 aromatic rings. The van der Waals surface area contributed by atoms with Gasteiger partial charge in [-0.2, -0.15) is 0 Å². The minimum atomic E-state index is -0.269. The largest absolute Gasteiger partial charge is 0.396 e. The lowest BCUT2D eigenvalue weighted by atomic mass is 10.4. The third kappa shape index (κ3) is 9.11. The normalized spacial score (nSPS) is 10.8.